The molecule has 5 rings (SSSR count). The Kier molecular flexibility index (Phi) is 11.2. The number of amides is 2. The van der Waals surface area contributed by atoms with Gasteiger partial charge in [0.2, 0.25) is 0 Å². The van der Waals surface area contributed by atoms with Crippen molar-refractivity contribution in [2.24, 2.45) is 21.7 Å². The number of benzene rings is 2. The fraction of sp³-hybridized carbons (Fsp3) is 0.529. The zero-order valence-corrected chi connectivity index (χ0v) is 30.7. The van der Waals surface area contributed by atoms with E-state index in [1.807, 2.05) is 17.0 Å². The maximum absolute atomic E-state index is 14.5. The Hall–Kier alpha value is -2.31. The van der Waals surface area contributed by atoms with E-state index in [-0.39, 0.29) is 92.4 Å². The number of carbonyl (C=O) groups excluding carboxylic acids is 2. The number of hydrogen-bond donors (Lipinski definition) is 1. The molecule has 45 heavy (non-hydrogen) atoms. The van der Waals surface area contributed by atoms with Crippen LogP contribution in [0, 0.1) is 22.6 Å². The summed E-state index contributed by atoms with van der Waals surface area (Å²) in [4.78, 5) is 34.6. The van der Waals surface area contributed by atoms with Gasteiger partial charge in [0.1, 0.15) is 17.2 Å². The molecule has 0 unspecified atom stereocenters. The van der Waals surface area contributed by atoms with E-state index in [0.717, 1.165) is 44.1 Å². The monoisotopic (exact) mass is 639 g/mol. The van der Waals surface area contributed by atoms with Crippen LogP contribution in [0.3, 0.4) is 0 Å². The quantitative estimate of drug-likeness (QED) is 0.379. The molecule has 1 atom stereocenters. The summed E-state index contributed by atoms with van der Waals surface area (Å²) in [5.74, 6) is 0.145. The van der Waals surface area contributed by atoms with Gasteiger partial charge in [0.05, 0.1) is 18.4 Å². The molecule has 2 aliphatic rings. The molecule has 1 aromatic heterocycles. The molecule has 1 spiro atoms. The minimum absolute atomic E-state index is 0. The average Bonchev–Trinajstić information content (AvgIpc) is 3.59. The van der Waals surface area contributed by atoms with Crippen molar-refractivity contribution in [1.29, 1.82) is 0 Å². The van der Waals surface area contributed by atoms with Crippen LogP contribution in [0.15, 0.2) is 53.5 Å². The SMILES string of the molecule is CC(C)(C)CC[C@H](c1ccc(C(=O)NCc2nn[n-]n2)cc1)N1C(=O)C(c2ccc(F)cc2)=NC12CCC(C(C)(C)C)CC2.[K+]. The topological polar surface area (TPSA) is 115 Å². The second kappa shape index (κ2) is 14.2. The van der Waals surface area contributed by atoms with Crippen molar-refractivity contribution in [1.82, 2.24) is 30.8 Å². The zero-order valence-electron chi connectivity index (χ0n) is 27.6. The van der Waals surface area contributed by atoms with Crippen molar-refractivity contribution in [3.8, 4) is 0 Å². The molecule has 2 aromatic carbocycles. The summed E-state index contributed by atoms with van der Waals surface area (Å²) in [7, 11) is 0. The summed E-state index contributed by atoms with van der Waals surface area (Å²) >= 11 is 0. The fourth-order valence-corrected chi connectivity index (χ4v) is 6.51. The number of aromatic nitrogens is 4. The third-order valence-corrected chi connectivity index (χ3v) is 9.12. The third kappa shape index (κ3) is 8.35. The molecule has 1 aliphatic heterocycles. The predicted molar refractivity (Wildman–Crippen MR) is 166 cm³/mol. The standard InChI is InChI=1S/C34H44FN7O2.K/c1-32(2,3)18-17-27(22-7-9-24(10-8-22)30(43)36-21-28-38-40-41-39-28)42-31(44)29(23-11-13-26(35)14-12-23)37-34(42)19-15-25(16-20-34)33(4,5)6;/h7-14,25,27H,15-21H2,1-6H3,(H2,36,38,39,40,41,43);/q;+1/p-1/t25?,27-,34?;/m1./s1. The van der Waals surface area contributed by atoms with Gasteiger partial charge in [0.15, 0.2) is 0 Å². The van der Waals surface area contributed by atoms with Crippen LogP contribution in [0.4, 0.5) is 4.39 Å². The summed E-state index contributed by atoms with van der Waals surface area (Å²) in [5.41, 5.74) is 2.02. The van der Waals surface area contributed by atoms with Gasteiger partial charge >= 0.3 is 51.4 Å². The van der Waals surface area contributed by atoms with E-state index in [9.17, 15) is 14.0 Å². The van der Waals surface area contributed by atoms with Gasteiger partial charge in [-0.25, -0.2) is 9.49 Å². The van der Waals surface area contributed by atoms with Crippen molar-refractivity contribution < 1.29 is 65.4 Å². The summed E-state index contributed by atoms with van der Waals surface area (Å²) in [5, 5.41) is 17.2. The summed E-state index contributed by atoms with van der Waals surface area (Å²) in [6.07, 6.45) is 5.11. The van der Waals surface area contributed by atoms with Crippen LogP contribution >= 0.6 is 0 Å². The van der Waals surface area contributed by atoms with E-state index in [4.69, 9.17) is 4.99 Å². The van der Waals surface area contributed by atoms with Gasteiger partial charge in [-0.1, -0.05) is 53.7 Å². The largest absolute Gasteiger partial charge is 1.00 e. The van der Waals surface area contributed by atoms with Crippen molar-refractivity contribution in [2.75, 3.05) is 0 Å². The van der Waals surface area contributed by atoms with Gasteiger partial charge in [-0.05, 0) is 97.2 Å². The molecule has 234 valence electrons. The van der Waals surface area contributed by atoms with Crippen LogP contribution in [0.25, 0.3) is 0 Å². The molecule has 1 fully saturated rings. The van der Waals surface area contributed by atoms with E-state index in [0.29, 0.717) is 28.6 Å². The predicted octanol–water partition coefficient (Wildman–Crippen LogP) is 3.03. The number of aliphatic imine (C=N–C) groups is 1. The first-order valence-corrected chi connectivity index (χ1v) is 15.5. The Morgan fingerprint density at radius 3 is 2.24 bits per heavy atom. The number of carbonyl (C=O) groups is 2. The smallest absolute Gasteiger partial charge is 0.347 e. The van der Waals surface area contributed by atoms with Crippen LogP contribution in [0.1, 0.15) is 113 Å². The fourth-order valence-electron chi connectivity index (χ4n) is 6.51. The molecule has 3 aromatic rings. The summed E-state index contributed by atoms with van der Waals surface area (Å²) in [6.45, 7) is 13.6. The first-order valence-electron chi connectivity index (χ1n) is 15.5. The minimum atomic E-state index is -0.678. The van der Waals surface area contributed by atoms with Crippen molar-refractivity contribution in [2.45, 2.75) is 98.3 Å². The van der Waals surface area contributed by atoms with Crippen LogP contribution in [0.2, 0.25) is 0 Å². The van der Waals surface area contributed by atoms with Gasteiger partial charge in [-0.15, -0.1) is 0 Å². The molecule has 2 amide bonds. The van der Waals surface area contributed by atoms with E-state index in [2.05, 4.69) is 67.5 Å². The van der Waals surface area contributed by atoms with Crippen LogP contribution < -0.4 is 61.9 Å². The van der Waals surface area contributed by atoms with E-state index in [1.54, 1.807) is 24.3 Å². The maximum Gasteiger partial charge on any atom is 1.00 e. The Morgan fingerprint density at radius 1 is 1.04 bits per heavy atom. The van der Waals surface area contributed by atoms with Crippen LogP contribution in [0.5, 0.6) is 0 Å². The Labute approximate surface area is 308 Å². The van der Waals surface area contributed by atoms with Gasteiger partial charge in [0, 0.05) is 11.1 Å². The zero-order chi connectivity index (χ0) is 31.7. The van der Waals surface area contributed by atoms with Crippen molar-refractivity contribution in [3.63, 3.8) is 0 Å². The Balaban J connectivity index is 0.00000461. The molecule has 9 nitrogen and oxygen atoms in total. The van der Waals surface area contributed by atoms with Gasteiger partial charge in [-0.2, -0.15) is 0 Å². The molecule has 0 saturated heterocycles. The third-order valence-electron chi connectivity index (χ3n) is 9.12. The van der Waals surface area contributed by atoms with Gasteiger partial charge in [-0.3, -0.25) is 25.0 Å². The van der Waals surface area contributed by atoms with Crippen molar-refractivity contribution in [3.05, 3.63) is 76.9 Å². The maximum atomic E-state index is 14.5. The van der Waals surface area contributed by atoms with E-state index in [1.165, 1.54) is 12.1 Å². The second-order valence-corrected chi connectivity index (χ2v) is 14.5. The van der Waals surface area contributed by atoms with Crippen LogP contribution in [-0.4, -0.2) is 43.5 Å². The molecule has 1 saturated carbocycles. The number of rotatable bonds is 8. The Bertz CT molecular complexity index is 1490. The number of nitrogens with zero attached hydrogens (tertiary/aromatic N) is 6. The van der Waals surface area contributed by atoms with Crippen molar-refractivity contribution >= 4 is 17.5 Å². The molecule has 1 N–H and O–H groups in total. The summed E-state index contributed by atoms with van der Waals surface area (Å²) < 4.78 is 13.8. The first kappa shape index (κ1) is 35.5. The summed E-state index contributed by atoms with van der Waals surface area (Å²) in [6, 6.07) is 13.3. The normalized spacial score (nSPS) is 21.0. The van der Waals surface area contributed by atoms with Gasteiger partial charge < -0.3 is 15.3 Å². The Morgan fingerprint density at radius 2 is 1.69 bits per heavy atom. The first-order chi connectivity index (χ1) is 20.8. The number of nitrogens with one attached hydrogen (secondary N) is 1. The number of hydrogen-bond acceptors (Lipinski definition) is 6. The van der Waals surface area contributed by atoms with Crippen LogP contribution in [-0.2, 0) is 11.3 Å². The second-order valence-electron chi connectivity index (χ2n) is 14.5. The minimum Gasteiger partial charge on any atom is -0.347 e. The molecular weight excluding hydrogens is 597 g/mol. The molecule has 2 heterocycles. The number of halogens is 1. The molecule has 0 bridgehead atoms. The van der Waals surface area contributed by atoms with Gasteiger partial charge in [0.25, 0.3) is 11.8 Å². The molecule has 0 radical (unpaired) electrons. The molecular formula is C34H43FKN7O2. The average molecular weight is 640 g/mol. The molecule has 11 heteroatoms. The van der Waals surface area contributed by atoms with E-state index >= 15 is 0 Å². The van der Waals surface area contributed by atoms with E-state index < -0.39 is 5.66 Å². The molecule has 1 aliphatic carbocycles. The number of tetrazole rings is 1.